The van der Waals surface area contributed by atoms with Gasteiger partial charge in [0.05, 0.1) is 17.9 Å². The highest BCUT2D eigenvalue weighted by Crippen LogP contribution is 2.22. The third-order valence-electron chi connectivity index (χ3n) is 5.28. The van der Waals surface area contributed by atoms with Crippen LogP contribution in [0.25, 0.3) is 0 Å². The number of ether oxygens (including phenoxy) is 2. The van der Waals surface area contributed by atoms with Gasteiger partial charge in [-0.1, -0.05) is 36.6 Å². The van der Waals surface area contributed by atoms with E-state index in [0.717, 1.165) is 31.2 Å². The van der Waals surface area contributed by atoms with Crippen LogP contribution in [-0.4, -0.2) is 50.9 Å². The lowest BCUT2D eigenvalue weighted by Crippen LogP contribution is -2.32. The van der Waals surface area contributed by atoms with E-state index in [2.05, 4.69) is 5.32 Å². The summed E-state index contributed by atoms with van der Waals surface area (Å²) in [6.45, 7) is 2.65. The Morgan fingerprint density at radius 2 is 1.70 bits per heavy atom. The second-order valence-electron chi connectivity index (χ2n) is 7.97. The fourth-order valence-electron chi connectivity index (χ4n) is 3.47. The summed E-state index contributed by atoms with van der Waals surface area (Å²) in [5.74, 6) is -0.456. The number of hydrogen-bond acceptors (Lipinski definition) is 6. The molecule has 1 saturated heterocycles. The summed E-state index contributed by atoms with van der Waals surface area (Å²) < 4.78 is 37.8. The van der Waals surface area contributed by atoms with Gasteiger partial charge in [0.25, 0.3) is 5.91 Å². The van der Waals surface area contributed by atoms with Crippen LogP contribution in [0.4, 0.5) is 5.69 Å². The molecule has 2 aromatic rings. The first-order chi connectivity index (χ1) is 15.8. The van der Waals surface area contributed by atoms with E-state index < -0.39 is 28.5 Å². The van der Waals surface area contributed by atoms with Crippen molar-refractivity contribution in [2.75, 3.05) is 31.6 Å². The van der Waals surface area contributed by atoms with Crippen LogP contribution >= 0.6 is 0 Å². The number of nitrogens with one attached hydrogen (secondary N) is 1. The van der Waals surface area contributed by atoms with Crippen LogP contribution in [0.15, 0.2) is 53.4 Å². The molecule has 178 valence electrons. The molecule has 9 heteroatoms. The quantitative estimate of drug-likeness (QED) is 0.558. The van der Waals surface area contributed by atoms with Crippen LogP contribution in [-0.2, 0) is 24.3 Å². The number of hydrogen-bond donors (Lipinski definition) is 1. The molecule has 1 N–H and O–H groups in total. The van der Waals surface area contributed by atoms with Crippen molar-refractivity contribution in [2.45, 2.75) is 43.9 Å². The molecule has 1 heterocycles. The monoisotopic (exact) mass is 474 g/mol. The molecule has 0 unspecified atom stereocenters. The number of aryl methyl sites for hydroxylation is 1. The molecule has 2 aromatic carbocycles. The minimum absolute atomic E-state index is 0.00468. The molecule has 0 aliphatic carbocycles. The summed E-state index contributed by atoms with van der Waals surface area (Å²) in [5, 5.41) is 2.58. The summed E-state index contributed by atoms with van der Waals surface area (Å²) in [5.41, 5.74) is 1.44. The van der Waals surface area contributed by atoms with E-state index >= 15 is 0 Å². The van der Waals surface area contributed by atoms with Gasteiger partial charge in [-0.3, -0.25) is 9.59 Å². The molecule has 0 atom stereocenters. The van der Waals surface area contributed by atoms with Gasteiger partial charge in [-0.25, -0.2) is 8.42 Å². The number of rotatable bonds is 9. The van der Waals surface area contributed by atoms with Gasteiger partial charge in [-0.05, 0) is 50.1 Å². The Bertz CT molecular complexity index is 1040. The van der Waals surface area contributed by atoms with E-state index in [1.165, 1.54) is 16.4 Å². The molecule has 0 bridgehead atoms. The first-order valence-electron chi connectivity index (χ1n) is 11.1. The minimum Gasteiger partial charge on any atom is -0.493 e. The van der Waals surface area contributed by atoms with Crippen molar-refractivity contribution in [1.82, 2.24) is 4.31 Å². The Labute approximate surface area is 194 Å². The molecular weight excluding hydrogens is 444 g/mol. The van der Waals surface area contributed by atoms with E-state index in [-0.39, 0.29) is 17.9 Å². The van der Waals surface area contributed by atoms with Crippen LogP contribution in [0.2, 0.25) is 0 Å². The normalized spacial score (nSPS) is 14.8. The van der Waals surface area contributed by atoms with Crippen LogP contribution in [0.1, 0.15) is 37.7 Å². The molecule has 33 heavy (non-hydrogen) atoms. The summed E-state index contributed by atoms with van der Waals surface area (Å²) in [6.07, 6.45) is 3.75. The molecule has 1 fully saturated rings. The zero-order valence-electron chi connectivity index (χ0n) is 18.8. The van der Waals surface area contributed by atoms with Gasteiger partial charge >= 0.3 is 5.97 Å². The van der Waals surface area contributed by atoms with Crippen molar-refractivity contribution in [3.8, 4) is 5.75 Å². The second-order valence-corrected chi connectivity index (χ2v) is 9.90. The third kappa shape index (κ3) is 7.57. The molecule has 1 aliphatic heterocycles. The topological polar surface area (TPSA) is 102 Å². The molecule has 1 aliphatic rings. The third-order valence-corrected chi connectivity index (χ3v) is 7.18. The smallest absolute Gasteiger partial charge is 0.309 e. The predicted octanol–water partition coefficient (Wildman–Crippen LogP) is 3.51. The van der Waals surface area contributed by atoms with E-state index in [9.17, 15) is 18.0 Å². The van der Waals surface area contributed by atoms with Crippen molar-refractivity contribution in [3.63, 3.8) is 0 Å². The fourth-order valence-corrected chi connectivity index (χ4v) is 5.03. The molecule has 8 nitrogen and oxygen atoms in total. The number of carbonyl (C=O) groups is 2. The highest BCUT2D eigenvalue weighted by Gasteiger charge is 2.25. The average molecular weight is 475 g/mol. The number of amides is 1. The highest BCUT2D eigenvalue weighted by atomic mass is 32.2. The highest BCUT2D eigenvalue weighted by molar-refractivity contribution is 7.89. The molecule has 0 radical (unpaired) electrons. The maximum absolute atomic E-state index is 12.9. The van der Waals surface area contributed by atoms with Gasteiger partial charge in [0, 0.05) is 18.8 Å². The van der Waals surface area contributed by atoms with Gasteiger partial charge in [0.15, 0.2) is 6.61 Å². The molecule has 0 saturated carbocycles. The van der Waals surface area contributed by atoms with Crippen molar-refractivity contribution >= 4 is 27.6 Å². The molecule has 1 amide bonds. The largest absolute Gasteiger partial charge is 0.493 e. The summed E-state index contributed by atoms with van der Waals surface area (Å²) in [7, 11) is -3.62. The number of anilines is 1. The summed E-state index contributed by atoms with van der Waals surface area (Å²) in [6, 6.07) is 13.6. The summed E-state index contributed by atoms with van der Waals surface area (Å²) >= 11 is 0. The van der Waals surface area contributed by atoms with Crippen LogP contribution < -0.4 is 10.1 Å². The first-order valence-corrected chi connectivity index (χ1v) is 12.5. The van der Waals surface area contributed by atoms with E-state index in [1.54, 1.807) is 12.1 Å². The Morgan fingerprint density at radius 1 is 1.00 bits per heavy atom. The maximum Gasteiger partial charge on any atom is 0.309 e. The number of esters is 1. The predicted molar refractivity (Wildman–Crippen MR) is 125 cm³/mol. The van der Waals surface area contributed by atoms with E-state index in [4.69, 9.17) is 9.47 Å². The van der Waals surface area contributed by atoms with Crippen molar-refractivity contribution in [2.24, 2.45) is 0 Å². The lowest BCUT2D eigenvalue weighted by molar-refractivity contribution is -0.147. The molecule has 0 aromatic heterocycles. The minimum atomic E-state index is -3.62. The van der Waals surface area contributed by atoms with Crippen molar-refractivity contribution in [1.29, 1.82) is 0 Å². The van der Waals surface area contributed by atoms with Crippen LogP contribution in [0.3, 0.4) is 0 Å². The SMILES string of the molecule is Cc1ccc(OCCC(=O)OCC(=O)Nc2cccc(S(=O)(=O)N3CCCCCC3)c2)cc1. The molecule has 0 spiro atoms. The van der Waals surface area contributed by atoms with E-state index in [1.807, 2.05) is 31.2 Å². The second kappa shape index (κ2) is 11.8. The average Bonchev–Trinajstić information content (AvgIpc) is 3.10. The van der Waals surface area contributed by atoms with Gasteiger partial charge in [0.2, 0.25) is 10.0 Å². The fraction of sp³-hybridized carbons (Fsp3) is 0.417. The molecular formula is C24H30N2O6S. The zero-order chi connectivity index (χ0) is 23.7. The number of nitrogens with zero attached hydrogens (tertiary/aromatic N) is 1. The van der Waals surface area contributed by atoms with Gasteiger partial charge in [-0.15, -0.1) is 0 Å². The van der Waals surface area contributed by atoms with Crippen molar-refractivity contribution in [3.05, 3.63) is 54.1 Å². The Morgan fingerprint density at radius 3 is 2.39 bits per heavy atom. The summed E-state index contributed by atoms with van der Waals surface area (Å²) in [4.78, 5) is 24.2. The van der Waals surface area contributed by atoms with Gasteiger partial charge in [-0.2, -0.15) is 4.31 Å². The van der Waals surface area contributed by atoms with Crippen molar-refractivity contribution < 1.29 is 27.5 Å². The Balaban J connectivity index is 1.46. The van der Waals surface area contributed by atoms with Gasteiger partial charge < -0.3 is 14.8 Å². The van der Waals surface area contributed by atoms with Gasteiger partial charge in [0.1, 0.15) is 5.75 Å². The Kier molecular flexibility index (Phi) is 8.85. The number of sulfonamides is 1. The number of benzene rings is 2. The zero-order valence-corrected chi connectivity index (χ0v) is 19.6. The van der Waals surface area contributed by atoms with Crippen LogP contribution in [0.5, 0.6) is 5.75 Å². The number of carbonyl (C=O) groups excluding carboxylic acids is 2. The standard InChI is InChI=1S/C24H30N2O6S/c1-19-9-11-21(12-10-19)31-16-13-24(28)32-18-23(27)25-20-7-6-8-22(17-20)33(29,30)26-14-4-2-3-5-15-26/h6-12,17H,2-5,13-16,18H2,1H3,(H,25,27). The lowest BCUT2D eigenvalue weighted by atomic mass is 10.2. The maximum atomic E-state index is 12.9. The molecule has 3 rings (SSSR count). The Hall–Kier alpha value is -2.91. The van der Waals surface area contributed by atoms with Crippen LogP contribution in [0, 0.1) is 6.92 Å². The lowest BCUT2D eigenvalue weighted by Gasteiger charge is -2.20. The van der Waals surface area contributed by atoms with E-state index in [0.29, 0.717) is 24.5 Å². The first kappa shape index (κ1) is 24.7.